The number of aryl methyl sites for hydroxylation is 1. The van der Waals surface area contributed by atoms with Gasteiger partial charge < -0.3 is 22.9 Å². The third-order valence-corrected chi connectivity index (χ3v) is 3.14. The zero-order valence-electron chi connectivity index (χ0n) is 10.4. The molecular weight excluding hydrogens is 224 g/mol. The summed E-state index contributed by atoms with van der Waals surface area (Å²) in [5, 5.41) is 0. The normalized spacial score (nSPS) is 10.6. The van der Waals surface area contributed by atoms with E-state index in [1.807, 2.05) is 25.1 Å². The van der Waals surface area contributed by atoms with Gasteiger partial charge in [0.25, 0.3) is 0 Å². The van der Waals surface area contributed by atoms with Gasteiger partial charge in [-0.2, -0.15) is 0 Å². The molecule has 2 aromatic rings. The predicted molar refractivity (Wildman–Crippen MR) is 77.7 cm³/mol. The van der Waals surface area contributed by atoms with Crippen LogP contribution in [-0.2, 0) is 6.54 Å². The molecule has 0 saturated carbocycles. The lowest BCUT2D eigenvalue weighted by Crippen LogP contribution is -2.06. The number of hydrogen-bond acceptors (Lipinski definition) is 4. The maximum Gasteiger partial charge on any atom is 0.0398 e. The summed E-state index contributed by atoms with van der Waals surface area (Å²) >= 11 is 0. The van der Waals surface area contributed by atoms with Crippen molar-refractivity contribution in [2.75, 3.05) is 17.2 Å². The van der Waals surface area contributed by atoms with Crippen LogP contribution in [0.3, 0.4) is 0 Å². The van der Waals surface area contributed by atoms with E-state index in [1.54, 1.807) is 12.1 Å². The molecule has 8 N–H and O–H groups in total. The van der Waals surface area contributed by atoms with E-state index in [2.05, 4.69) is 0 Å². The van der Waals surface area contributed by atoms with E-state index in [4.69, 9.17) is 22.9 Å². The van der Waals surface area contributed by atoms with Crippen molar-refractivity contribution in [2.24, 2.45) is 5.73 Å². The van der Waals surface area contributed by atoms with Crippen molar-refractivity contribution in [1.82, 2.24) is 0 Å². The first kappa shape index (κ1) is 12.3. The second kappa shape index (κ2) is 4.58. The molecule has 0 spiro atoms. The number of nitrogens with two attached hydrogens (primary N) is 4. The van der Waals surface area contributed by atoms with Crippen molar-refractivity contribution in [3.63, 3.8) is 0 Å². The van der Waals surface area contributed by atoms with Gasteiger partial charge in [0.15, 0.2) is 0 Å². The molecule has 0 atom stereocenters. The minimum Gasteiger partial charge on any atom is -0.399 e. The summed E-state index contributed by atoms with van der Waals surface area (Å²) < 4.78 is 0. The Morgan fingerprint density at radius 1 is 0.889 bits per heavy atom. The molecule has 0 fully saturated rings. The van der Waals surface area contributed by atoms with E-state index >= 15 is 0 Å². The van der Waals surface area contributed by atoms with Crippen LogP contribution in [0.5, 0.6) is 0 Å². The fourth-order valence-corrected chi connectivity index (χ4v) is 2.07. The lowest BCUT2D eigenvalue weighted by molar-refractivity contribution is 1.08. The molecule has 0 saturated heterocycles. The summed E-state index contributed by atoms with van der Waals surface area (Å²) in [6.45, 7) is 2.32. The molecule has 2 rings (SSSR count). The van der Waals surface area contributed by atoms with Crippen LogP contribution < -0.4 is 22.9 Å². The van der Waals surface area contributed by atoms with Gasteiger partial charge in [0, 0.05) is 29.2 Å². The summed E-state index contributed by atoms with van der Waals surface area (Å²) in [7, 11) is 0. The number of benzene rings is 2. The van der Waals surface area contributed by atoms with Crippen LogP contribution in [0.1, 0.15) is 11.1 Å². The average Bonchev–Trinajstić information content (AvgIpc) is 2.35. The molecule has 4 nitrogen and oxygen atoms in total. The van der Waals surface area contributed by atoms with Crippen molar-refractivity contribution in [2.45, 2.75) is 13.5 Å². The van der Waals surface area contributed by atoms with Crippen LogP contribution >= 0.6 is 0 Å². The minimum atomic E-state index is 0.357. The van der Waals surface area contributed by atoms with Gasteiger partial charge in [-0.05, 0) is 47.9 Å². The molecule has 0 amide bonds. The van der Waals surface area contributed by atoms with Gasteiger partial charge in [0.2, 0.25) is 0 Å². The van der Waals surface area contributed by atoms with E-state index in [0.717, 1.165) is 27.9 Å². The Morgan fingerprint density at radius 2 is 1.50 bits per heavy atom. The highest BCUT2D eigenvalue weighted by molar-refractivity contribution is 5.84. The van der Waals surface area contributed by atoms with Crippen molar-refractivity contribution >= 4 is 17.1 Å². The molecule has 2 aromatic carbocycles. The quantitative estimate of drug-likeness (QED) is 0.603. The average molecular weight is 242 g/mol. The Kier molecular flexibility index (Phi) is 3.12. The van der Waals surface area contributed by atoms with E-state index in [1.165, 1.54) is 0 Å². The van der Waals surface area contributed by atoms with Crippen molar-refractivity contribution in [3.8, 4) is 11.1 Å². The van der Waals surface area contributed by atoms with Gasteiger partial charge in [-0.1, -0.05) is 6.07 Å². The molecular formula is C14H18N4. The maximum atomic E-state index is 6.04. The van der Waals surface area contributed by atoms with Gasteiger partial charge in [0.1, 0.15) is 0 Å². The molecule has 0 aliphatic heterocycles. The number of rotatable bonds is 2. The molecule has 4 heteroatoms. The SMILES string of the molecule is Cc1cc(-c2c(N)ccc(N)c2CN)ccc1N. The minimum absolute atomic E-state index is 0.357. The molecule has 0 aromatic heterocycles. The molecule has 94 valence electrons. The van der Waals surface area contributed by atoms with E-state index in [-0.39, 0.29) is 0 Å². The second-order valence-corrected chi connectivity index (χ2v) is 4.37. The Balaban J connectivity index is 2.69. The molecule has 0 radical (unpaired) electrons. The van der Waals surface area contributed by atoms with Crippen LogP contribution in [-0.4, -0.2) is 0 Å². The first-order valence-electron chi connectivity index (χ1n) is 5.78. The molecule has 0 aliphatic rings. The highest BCUT2D eigenvalue weighted by Crippen LogP contribution is 2.34. The summed E-state index contributed by atoms with van der Waals surface area (Å²) in [6, 6.07) is 9.39. The Hall–Kier alpha value is -2.20. The van der Waals surface area contributed by atoms with Crippen LogP contribution in [0.25, 0.3) is 11.1 Å². The van der Waals surface area contributed by atoms with E-state index in [0.29, 0.717) is 17.9 Å². The van der Waals surface area contributed by atoms with E-state index in [9.17, 15) is 0 Å². The van der Waals surface area contributed by atoms with Crippen molar-refractivity contribution in [3.05, 3.63) is 41.5 Å². The highest BCUT2D eigenvalue weighted by Gasteiger charge is 2.11. The lowest BCUT2D eigenvalue weighted by atomic mass is 9.95. The third-order valence-electron chi connectivity index (χ3n) is 3.14. The standard InChI is InChI=1S/C14H18N4/c1-8-6-9(2-3-11(8)16)14-10(7-15)12(17)4-5-13(14)18/h2-6H,7,15-18H2,1H3. The first-order chi connectivity index (χ1) is 8.54. The van der Waals surface area contributed by atoms with Gasteiger partial charge in [-0.15, -0.1) is 0 Å². The number of nitrogen functional groups attached to an aromatic ring is 3. The smallest absolute Gasteiger partial charge is 0.0398 e. The predicted octanol–water partition coefficient (Wildman–Crippen LogP) is 1.87. The molecule has 0 heterocycles. The molecule has 0 aliphatic carbocycles. The second-order valence-electron chi connectivity index (χ2n) is 4.37. The highest BCUT2D eigenvalue weighted by atomic mass is 14.6. The lowest BCUT2D eigenvalue weighted by Gasteiger charge is -2.15. The fraction of sp³-hybridized carbons (Fsp3) is 0.143. The zero-order chi connectivity index (χ0) is 13.3. The summed E-state index contributed by atoms with van der Waals surface area (Å²) in [5.74, 6) is 0. The van der Waals surface area contributed by atoms with Crippen molar-refractivity contribution < 1.29 is 0 Å². The Morgan fingerprint density at radius 3 is 2.11 bits per heavy atom. The van der Waals surface area contributed by atoms with Crippen LogP contribution in [0.15, 0.2) is 30.3 Å². The maximum absolute atomic E-state index is 6.04. The van der Waals surface area contributed by atoms with Crippen molar-refractivity contribution in [1.29, 1.82) is 0 Å². The van der Waals surface area contributed by atoms with E-state index < -0.39 is 0 Å². The largest absolute Gasteiger partial charge is 0.399 e. The topological polar surface area (TPSA) is 104 Å². The van der Waals surface area contributed by atoms with Gasteiger partial charge >= 0.3 is 0 Å². The van der Waals surface area contributed by atoms with Gasteiger partial charge in [-0.25, -0.2) is 0 Å². The molecule has 0 unspecified atom stereocenters. The number of anilines is 3. The molecule has 18 heavy (non-hydrogen) atoms. The first-order valence-corrected chi connectivity index (χ1v) is 5.78. The Bertz CT molecular complexity index is 591. The van der Waals surface area contributed by atoms with Crippen LogP contribution in [0.2, 0.25) is 0 Å². The summed E-state index contributed by atoms with van der Waals surface area (Å²) in [6.07, 6.45) is 0. The summed E-state index contributed by atoms with van der Waals surface area (Å²) in [4.78, 5) is 0. The summed E-state index contributed by atoms with van der Waals surface area (Å²) in [5.41, 5.74) is 29.5. The molecule has 0 bridgehead atoms. The van der Waals surface area contributed by atoms with Crippen LogP contribution in [0.4, 0.5) is 17.1 Å². The van der Waals surface area contributed by atoms with Crippen LogP contribution in [0, 0.1) is 6.92 Å². The third kappa shape index (κ3) is 1.98. The zero-order valence-corrected chi connectivity index (χ0v) is 10.4. The number of hydrogen-bond donors (Lipinski definition) is 4. The van der Waals surface area contributed by atoms with Gasteiger partial charge in [0.05, 0.1) is 0 Å². The fourth-order valence-electron chi connectivity index (χ4n) is 2.07. The monoisotopic (exact) mass is 242 g/mol. The van der Waals surface area contributed by atoms with Gasteiger partial charge in [-0.3, -0.25) is 0 Å². The Labute approximate surface area is 107 Å².